The lowest BCUT2D eigenvalue weighted by Gasteiger charge is -2.04. The van der Waals surface area contributed by atoms with Crippen molar-refractivity contribution < 1.29 is 4.92 Å². The molecule has 0 spiro atoms. The average molecular weight is 244 g/mol. The van der Waals surface area contributed by atoms with Gasteiger partial charge in [-0.2, -0.15) is 0 Å². The Morgan fingerprint density at radius 2 is 2.17 bits per heavy atom. The number of aromatic nitrogens is 2. The molecule has 6 heteroatoms. The molecule has 2 aromatic rings. The van der Waals surface area contributed by atoms with Gasteiger partial charge in [0.15, 0.2) is 0 Å². The van der Waals surface area contributed by atoms with Gasteiger partial charge in [0, 0.05) is 31.4 Å². The van der Waals surface area contributed by atoms with E-state index in [4.69, 9.17) is 0 Å². The molecule has 0 fully saturated rings. The van der Waals surface area contributed by atoms with Gasteiger partial charge in [-0.1, -0.05) is 12.1 Å². The maximum atomic E-state index is 10.6. The minimum Gasteiger partial charge on any atom is -0.307 e. The molecular formula is C12H12N4O2. The molecule has 0 aliphatic heterocycles. The first-order valence-electron chi connectivity index (χ1n) is 5.44. The summed E-state index contributed by atoms with van der Waals surface area (Å²) in [7, 11) is 0. The van der Waals surface area contributed by atoms with Crippen LogP contribution in [0.15, 0.2) is 42.9 Å². The Kier molecular flexibility index (Phi) is 3.93. The topological polar surface area (TPSA) is 81.0 Å². The standard InChI is InChI=1S/C12H12N4O2/c17-16(18)12-3-1-2-10(6-12)7-14-8-11-4-5-13-9-15-11/h1-6,9,14H,7-8H2. The zero-order valence-electron chi connectivity index (χ0n) is 9.61. The maximum Gasteiger partial charge on any atom is 0.269 e. The molecule has 92 valence electrons. The van der Waals surface area contributed by atoms with Crippen LogP contribution in [0, 0.1) is 10.1 Å². The molecular weight excluding hydrogens is 232 g/mol. The van der Waals surface area contributed by atoms with Crippen molar-refractivity contribution in [3.8, 4) is 0 Å². The third-order valence-electron chi connectivity index (χ3n) is 2.40. The lowest BCUT2D eigenvalue weighted by Crippen LogP contribution is -2.13. The van der Waals surface area contributed by atoms with Gasteiger partial charge in [-0.3, -0.25) is 10.1 Å². The number of rotatable bonds is 5. The van der Waals surface area contributed by atoms with Crippen molar-refractivity contribution >= 4 is 5.69 Å². The van der Waals surface area contributed by atoms with Crippen molar-refractivity contribution in [3.63, 3.8) is 0 Å². The van der Waals surface area contributed by atoms with Gasteiger partial charge in [-0.15, -0.1) is 0 Å². The van der Waals surface area contributed by atoms with Crippen molar-refractivity contribution in [1.82, 2.24) is 15.3 Å². The van der Waals surface area contributed by atoms with E-state index >= 15 is 0 Å². The fraction of sp³-hybridized carbons (Fsp3) is 0.167. The van der Waals surface area contributed by atoms with Crippen LogP contribution >= 0.6 is 0 Å². The molecule has 1 aromatic carbocycles. The van der Waals surface area contributed by atoms with Crippen LogP contribution in [0.3, 0.4) is 0 Å². The van der Waals surface area contributed by atoms with Crippen molar-refractivity contribution in [2.75, 3.05) is 0 Å². The predicted molar refractivity (Wildman–Crippen MR) is 65.7 cm³/mol. The minimum atomic E-state index is -0.395. The number of nitro groups is 1. The van der Waals surface area contributed by atoms with E-state index < -0.39 is 4.92 Å². The summed E-state index contributed by atoms with van der Waals surface area (Å²) < 4.78 is 0. The summed E-state index contributed by atoms with van der Waals surface area (Å²) in [6.45, 7) is 1.16. The van der Waals surface area contributed by atoms with Crippen LogP contribution in [-0.2, 0) is 13.1 Å². The molecule has 18 heavy (non-hydrogen) atoms. The normalized spacial score (nSPS) is 10.2. The maximum absolute atomic E-state index is 10.6. The van der Waals surface area contributed by atoms with Crippen LogP contribution in [0.4, 0.5) is 5.69 Å². The first-order chi connectivity index (χ1) is 8.75. The number of hydrogen-bond acceptors (Lipinski definition) is 5. The predicted octanol–water partition coefficient (Wildman–Crippen LogP) is 1.67. The molecule has 0 aliphatic rings. The summed E-state index contributed by atoms with van der Waals surface area (Å²) in [5.74, 6) is 0. The van der Waals surface area contributed by atoms with E-state index in [0.717, 1.165) is 11.3 Å². The lowest BCUT2D eigenvalue weighted by molar-refractivity contribution is -0.384. The van der Waals surface area contributed by atoms with E-state index in [1.54, 1.807) is 18.3 Å². The Morgan fingerprint density at radius 1 is 1.28 bits per heavy atom. The molecule has 0 aliphatic carbocycles. The lowest BCUT2D eigenvalue weighted by atomic mass is 10.2. The van der Waals surface area contributed by atoms with Crippen LogP contribution in [0.5, 0.6) is 0 Å². The number of nitrogens with zero attached hydrogens (tertiary/aromatic N) is 3. The van der Waals surface area contributed by atoms with Crippen molar-refractivity contribution in [2.45, 2.75) is 13.1 Å². The molecule has 1 aromatic heterocycles. The quantitative estimate of drug-likeness (QED) is 0.639. The zero-order chi connectivity index (χ0) is 12.8. The van der Waals surface area contributed by atoms with Gasteiger partial charge in [-0.05, 0) is 11.6 Å². The van der Waals surface area contributed by atoms with Gasteiger partial charge in [-0.25, -0.2) is 9.97 Å². The van der Waals surface area contributed by atoms with Crippen molar-refractivity contribution in [2.24, 2.45) is 0 Å². The average Bonchev–Trinajstić information content (AvgIpc) is 2.40. The largest absolute Gasteiger partial charge is 0.307 e. The van der Waals surface area contributed by atoms with Crippen molar-refractivity contribution in [1.29, 1.82) is 0 Å². The van der Waals surface area contributed by atoms with Gasteiger partial charge < -0.3 is 5.32 Å². The monoisotopic (exact) mass is 244 g/mol. The van der Waals surface area contributed by atoms with Crippen LogP contribution in [0.1, 0.15) is 11.3 Å². The second kappa shape index (κ2) is 5.83. The second-order valence-corrected chi connectivity index (χ2v) is 3.73. The Bertz CT molecular complexity index is 531. The molecule has 0 saturated carbocycles. The Labute approximate surface area is 104 Å². The number of hydrogen-bond donors (Lipinski definition) is 1. The van der Waals surface area contributed by atoms with Crippen LogP contribution in [-0.4, -0.2) is 14.9 Å². The van der Waals surface area contributed by atoms with Gasteiger partial charge >= 0.3 is 0 Å². The SMILES string of the molecule is O=[N+]([O-])c1cccc(CNCc2ccncn2)c1. The summed E-state index contributed by atoms with van der Waals surface area (Å²) in [5.41, 5.74) is 1.87. The highest BCUT2D eigenvalue weighted by molar-refractivity contribution is 5.34. The highest BCUT2D eigenvalue weighted by Gasteiger charge is 2.05. The van der Waals surface area contributed by atoms with Crippen molar-refractivity contribution in [3.05, 3.63) is 64.2 Å². The molecule has 0 unspecified atom stereocenters. The molecule has 0 bridgehead atoms. The van der Waals surface area contributed by atoms with E-state index in [1.165, 1.54) is 12.4 Å². The van der Waals surface area contributed by atoms with Crippen LogP contribution in [0.25, 0.3) is 0 Å². The fourth-order valence-corrected chi connectivity index (χ4v) is 1.54. The number of benzene rings is 1. The molecule has 1 heterocycles. The minimum absolute atomic E-state index is 0.108. The summed E-state index contributed by atoms with van der Waals surface area (Å²) >= 11 is 0. The first kappa shape index (κ1) is 12.1. The van der Waals surface area contributed by atoms with E-state index in [2.05, 4.69) is 15.3 Å². The molecule has 2 rings (SSSR count). The van der Waals surface area contributed by atoms with E-state index in [-0.39, 0.29) is 5.69 Å². The number of nitrogens with one attached hydrogen (secondary N) is 1. The smallest absolute Gasteiger partial charge is 0.269 e. The van der Waals surface area contributed by atoms with Gasteiger partial charge in [0.25, 0.3) is 5.69 Å². The molecule has 0 amide bonds. The molecule has 0 saturated heterocycles. The molecule has 6 nitrogen and oxygen atoms in total. The summed E-state index contributed by atoms with van der Waals surface area (Å²) in [6, 6.07) is 8.39. The fourth-order valence-electron chi connectivity index (χ4n) is 1.54. The van der Waals surface area contributed by atoms with E-state index in [0.29, 0.717) is 13.1 Å². The highest BCUT2D eigenvalue weighted by Crippen LogP contribution is 2.12. The van der Waals surface area contributed by atoms with Gasteiger partial charge in [0.2, 0.25) is 0 Å². The zero-order valence-corrected chi connectivity index (χ0v) is 9.61. The van der Waals surface area contributed by atoms with Gasteiger partial charge in [0.05, 0.1) is 10.6 Å². The molecule has 0 atom stereocenters. The second-order valence-electron chi connectivity index (χ2n) is 3.73. The van der Waals surface area contributed by atoms with E-state index in [1.807, 2.05) is 12.1 Å². The molecule has 1 N–H and O–H groups in total. The third-order valence-corrected chi connectivity index (χ3v) is 2.40. The van der Waals surface area contributed by atoms with Crippen LogP contribution < -0.4 is 5.32 Å². The summed E-state index contributed by atoms with van der Waals surface area (Å²) in [6.07, 6.45) is 3.17. The number of non-ortho nitro benzene ring substituents is 1. The first-order valence-corrected chi connectivity index (χ1v) is 5.44. The Balaban J connectivity index is 1.90. The Hall–Kier alpha value is -2.34. The Morgan fingerprint density at radius 3 is 2.89 bits per heavy atom. The highest BCUT2D eigenvalue weighted by atomic mass is 16.6. The molecule has 0 radical (unpaired) electrons. The van der Waals surface area contributed by atoms with Gasteiger partial charge in [0.1, 0.15) is 6.33 Å². The third kappa shape index (κ3) is 3.33. The number of nitro benzene ring substituents is 1. The summed E-state index contributed by atoms with van der Waals surface area (Å²) in [4.78, 5) is 18.1. The van der Waals surface area contributed by atoms with Crippen LogP contribution in [0.2, 0.25) is 0 Å². The summed E-state index contributed by atoms with van der Waals surface area (Å²) in [5, 5.41) is 13.8. The van der Waals surface area contributed by atoms with E-state index in [9.17, 15) is 10.1 Å².